The first kappa shape index (κ1) is 32.9. The van der Waals surface area contributed by atoms with Crippen LogP contribution in [0.4, 0.5) is 0 Å². The van der Waals surface area contributed by atoms with Crippen molar-refractivity contribution < 1.29 is 14.2 Å². The van der Waals surface area contributed by atoms with Crippen LogP contribution in [0.3, 0.4) is 0 Å². The molecule has 5 nitrogen and oxygen atoms in total. The molecule has 2 unspecified atom stereocenters. The topological polar surface area (TPSA) is 53.5 Å². The highest BCUT2D eigenvalue weighted by molar-refractivity contribution is 7.30. The first-order chi connectivity index (χ1) is 24.7. The van der Waals surface area contributed by atoms with Crippen molar-refractivity contribution in [2.24, 2.45) is 11.8 Å². The average molecular weight is 699 g/mol. The molecule has 2 saturated carbocycles. The molecule has 0 radical (unpaired) electrons. The van der Waals surface area contributed by atoms with Gasteiger partial charge in [0.15, 0.2) is 0 Å². The van der Waals surface area contributed by atoms with Crippen LogP contribution < -0.4 is 14.2 Å². The second kappa shape index (κ2) is 15.7. The van der Waals surface area contributed by atoms with Gasteiger partial charge >= 0.3 is 0 Å². The predicted octanol–water partition coefficient (Wildman–Crippen LogP) is 11.6. The van der Waals surface area contributed by atoms with Gasteiger partial charge in [0.1, 0.15) is 17.2 Å². The molecule has 6 aromatic rings. The first-order valence-electron chi connectivity index (χ1n) is 18.1. The van der Waals surface area contributed by atoms with Crippen LogP contribution in [0.15, 0.2) is 109 Å². The van der Waals surface area contributed by atoms with Crippen molar-refractivity contribution in [2.45, 2.75) is 51.4 Å². The van der Waals surface area contributed by atoms with Crippen molar-refractivity contribution in [3.63, 3.8) is 0 Å². The number of aromatic nitrogens is 2. The van der Waals surface area contributed by atoms with Crippen LogP contribution in [0.5, 0.6) is 17.2 Å². The van der Waals surface area contributed by atoms with E-state index in [1.54, 1.807) is 0 Å². The number of hydrogen-bond donors (Lipinski definition) is 0. The van der Waals surface area contributed by atoms with E-state index >= 15 is 0 Å². The van der Waals surface area contributed by atoms with Crippen molar-refractivity contribution in [1.82, 2.24) is 9.49 Å². The number of nitrogens with zero attached hydrogens (tertiary/aromatic N) is 2. The molecule has 8 rings (SSSR count). The van der Waals surface area contributed by atoms with Crippen LogP contribution in [0.25, 0.3) is 44.2 Å². The second-order valence-corrected chi connectivity index (χ2v) is 15.7. The SMILES string of the molecule is c1cc(-c2cc(-c3ccc(OCC4CC4)cc3)n[pH]2)ccc1CCCCCOc1ccc(-c2cc(-c3ccc(OCC4CC4)cc3)[pH]n2)cc1. The molecule has 4 aromatic carbocycles. The van der Waals surface area contributed by atoms with Crippen LogP contribution in [0.2, 0.25) is 0 Å². The van der Waals surface area contributed by atoms with E-state index in [-0.39, 0.29) is 0 Å². The fourth-order valence-electron chi connectivity index (χ4n) is 6.06. The van der Waals surface area contributed by atoms with E-state index in [1.165, 1.54) is 53.0 Å². The summed E-state index contributed by atoms with van der Waals surface area (Å²) in [6, 6.07) is 38.7. The molecular formula is C43H44N2O3P2. The molecule has 0 bridgehead atoms. The van der Waals surface area contributed by atoms with Gasteiger partial charge in [-0.05, 0) is 169 Å². The van der Waals surface area contributed by atoms with Gasteiger partial charge < -0.3 is 14.2 Å². The number of unbranched alkanes of at least 4 members (excludes halogenated alkanes) is 2. The molecule has 2 aliphatic rings. The van der Waals surface area contributed by atoms with Gasteiger partial charge in [0.25, 0.3) is 0 Å². The van der Waals surface area contributed by atoms with E-state index in [9.17, 15) is 0 Å². The van der Waals surface area contributed by atoms with Gasteiger partial charge in [0.05, 0.1) is 31.2 Å². The Kier molecular flexibility index (Phi) is 10.3. The fourth-order valence-corrected chi connectivity index (χ4v) is 7.92. The standard InChI is InChI=1S/C43H44N2O3P2/c1(2-4-30-9-11-35(12-10-30)42-26-40(44-49-42)34-15-21-38(22-16-34)47-28-31-5-6-31)3-25-46-37-19-13-33(14-20-37)41-27-43(50-45-41)36-17-23-39(24-18-36)48-29-32-7-8-32/h9-24,26-27,31-32,49-50H,1-8,25,28-29H2. The Hall–Kier alpha value is -4.30. The zero-order chi connectivity index (χ0) is 33.5. The van der Waals surface area contributed by atoms with Crippen LogP contribution in [0, 0.1) is 11.8 Å². The van der Waals surface area contributed by atoms with Crippen LogP contribution >= 0.6 is 16.7 Å². The predicted molar refractivity (Wildman–Crippen MR) is 209 cm³/mol. The lowest BCUT2D eigenvalue weighted by atomic mass is 10.0. The van der Waals surface area contributed by atoms with Crippen LogP contribution in [-0.2, 0) is 6.42 Å². The van der Waals surface area contributed by atoms with Crippen LogP contribution in [0.1, 0.15) is 50.5 Å². The Bertz CT molecular complexity index is 1810. The van der Waals surface area contributed by atoms with E-state index in [0.29, 0.717) is 16.7 Å². The van der Waals surface area contributed by atoms with Crippen molar-refractivity contribution in [3.8, 4) is 61.5 Å². The molecule has 0 spiro atoms. The van der Waals surface area contributed by atoms with Gasteiger partial charge in [0.2, 0.25) is 0 Å². The molecule has 0 aliphatic heterocycles. The van der Waals surface area contributed by atoms with Crippen molar-refractivity contribution in [3.05, 3.63) is 115 Å². The summed E-state index contributed by atoms with van der Waals surface area (Å²) in [5, 5.41) is 2.58. The molecule has 2 fully saturated rings. The number of benzene rings is 4. The summed E-state index contributed by atoms with van der Waals surface area (Å²) in [6.45, 7) is 2.42. The Labute approximate surface area is 298 Å². The van der Waals surface area contributed by atoms with Gasteiger partial charge in [-0.1, -0.05) is 36.4 Å². The molecular weight excluding hydrogens is 654 g/mol. The third-order valence-electron chi connectivity index (χ3n) is 9.63. The van der Waals surface area contributed by atoms with Crippen molar-refractivity contribution >= 4 is 16.7 Å². The second-order valence-electron chi connectivity index (χ2n) is 13.8. The lowest BCUT2D eigenvalue weighted by Gasteiger charge is -2.07. The van der Waals surface area contributed by atoms with Crippen molar-refractivity contribution in [1.29, 1.82) is 0 Å². The van der Waals surface area contributed by atoms with E-state index in [0.717, 1.165) is 97.1 Å². The lowest BCUT2D eigenvalue weighted by Crippen LogP contribution is -1.98. The summed E-state index contributed by atoms with van der Waals surface area (Å²) in [6.07, 6.45) is 9.67. The summed E-state index contributed by atoms with van der Waals surface area (Å²) in [4.78, 5) is 0. The van der Waals surface area contributed by atoms with E-state index in [2.05, 4.69) is 109 Å². The Morgan fingerprint density at radius 2 is 0.920 bits per heavy atom. The van der Waals surface area contributed by atoms with Gasteiger partial charge in [-0.3, -0.25) is 0 Å². The molecule has 0 amide bonds. The minimum Gasteiger partial charge on any atom is -0.494 e. The maximum absolute atomic E-state index is 6.07. The number of hydrogen-bond acceptors (Lipinski definition) is 5. The normalized spacial score (nSPS) is 14.4. The molecule has 2 atom stereocenters. The maximum atomic E-state index is 6.07. The molecule has 50 heavy (non-hydrogen) atoms. The Morgan fingerprint density at radius 3 is 1.40 bits per heavy atom. The number of aryl methyl sites for hydroxylation is 1. The minimum absolute atomic E-state index is 0.434. The van der Waals surface area contributed by atoms with E-state index in [4.69, 9.17) is 23.7 Å². The quantitative estimate of drug-likeness (QED) is 0.0888. The number of rotatable bonds is 17. The zero-order valence-corrected chi connectivity index (χ0v) is 30.4. The third-order valence-corrected chi connectivity index (χ3v) is 11.7. The van der Waals surface area contributed by atoms with Crippen molar-refractivity contribution in [2.75, 3.05) is 19.8 Å². The highest BCUT2D eigenvalue weighted by Crippen LogP contribution is 2.36. The summed E-state index contributed by atoms with van der Waals surface area (Å²) < 4.78 is 27.5. The van der Waals surface area contributed by atoms with E-state index in [1.807, 2.05) is 0 Å². The molecule has 7 heteroatoms. The summed E-state index contributed by atoms with van der Waals surface area (Å²) in [7, 11) is 0.891. The molecule has 2 aromatic heterocycles. The largest absolute Gasteiger partial charge is 0.494 e. The minimum atomic E-state index is 0.434. The lowest BCUT2D eigenvalue weighted by molar-refractivity contribution is 0.299. The number of ether oxygens (including phenoxy) is 3. The van der Waals surface area contributed by atoms with Gasteiger partial charge in [0, 0.05) is 21.7 Å². The van der Waals surface area contributed by atoms with Gasteiger partial charge in [-0.25, -0.2) is 9.49 Å². The molecule has 254 valence electrons. The smallest absolute Gasteiger partial charge is 0.119 e. The fraction of sp³-hybridized carbons (Fsp3) is 0.302. The molecule has 2 heterocycles. The molecule has 0 N–H and O–H groups in total. The molecule has 2 aliphatic carbocycles. The highest BCUT2D eigenvalue weighted by atomic mass is 31.0. The van der Waals surface area contributed by atoms with Gasteiger partial charge in [-0.2, -0.15) is 0 Å². The van der Waals surface area contributed by atoms with E-state index < -0.39 is 0 Å². The first-order valence-corrected chi connectivity index (χ1v) is 20.0. The summed E-state index contributed by atoms with van der Waals surface area (Å²) in [5.74, 6) is 4.36. The maximum Gasteiger partial charge on any atom is 0.119 e. The average Bonchev–Trinajstić information content (AvgIpc) is 4.08. The highest BCUT2D eigenvalue weighted by Gasteiger charge is 2.22. The van der Waals surface area contributed by atoms with Crippen LogP contribution in [-0.4, -0.2) is 29.3 Å². The third kappa shape index (κ3) is 8.88. The molecule has 0 saturated heterocycles. The summed E-state index contributed by atoms with van der Waals surface area (Å²) in [5.41, 5.74) is 8.27. The van der Waals surface area contributed by atoms with Gasteiger partial charge in [-0.15, -0.1) is 0 Å². The summed E-state index contributed by atoms with van der Waals surface area (Å²) >= 11 is 0. The Balaban J connectivity index is 0.741. The zero-order valence-electron chi connectivity index (χ0n) is 28.4. The Morgan fingerprint density at radius 1 is 0.480 bits per heavy atom. The monoisotopic (exact) mass is 698 g/mol.